The number of amides is 6. The van der Waals surface area contributed by atoms with Crippen molar-refractivity contribution >= 4 is 98.3 Å². The Kier molecular flexibility index (Phi) is 25.9. The maximum absolute atomic E-state index is 13.9. The fourth-order valence-corrected chi connectivity index (χ4v) is 18.7. The quantitative estimate of drug-likeness (QED) is 0.0287. The molecule has 1 spiro atoms. The van der Waals surface area contributed by atoms with Crippen molar-refractivity contribution in [3.8, 4) is 17.6 Å². The van der Waals surface area contributed by atoms with Crippen molar-refractivity contribution in [2.45, 2.75) is 181 Å². The van der Waals surface area contributed by atoms with Gasteiger partial charge < -0.3 is 88.1 Å². The van der Waals surface area contributed by atoms with E-state index in [1.165, 1.54) is 115 Å². The molecular formula is C93H88F3N21O21. The van der Waals surface area contributed by atoms with Crippen LogP contribution in [0.1, 0.15) is 143 Å². The molecule has 9 N–H and O–H groups in total. The molecule has 9 aliphatic rings. The highest BCUT2D eigenvalue weighted by molar-refractivity contribution is 6.04. The van der Waals surface area contributed by atoms with E-state index in [2.05, 4.69) is 104 Å². The fourth-order valence-electron chi connectivity index (χ4n) is 18.7. The summed E-state index contributed by atoms with van der Waals surface area (Å²) in [4.78, 5) is 125. The van der Waals surface area contributed by atoms with Gasteiger partial charge in [0.05, 0.1) is 24.5 Å². The van der Waals surface area contributed by atoms with Crippen molar-refractivity contribution in [1.82, 2.24) is 78.8 Å². The van der Waals surface area contributed by atoms with Gasteiger partial charge in [0.1, 0.15) is 110 Å². The highest BCUT2D eigenvalue weighted by Gasteiger charge is 2.61. The number of aryl methyl sites for hydroxylation is 1. The topological polar surface area (TPSA) is 516 Å². The van der Waals surface area contributed by atoms with Gasteiger partial charge in [0.2, 0.25) is 17.6 Å². The Labute approximate surface area is 780 Å². The maximum atomic E-state index is 13.9. The minimum absolute atomic E-state index is 0.00309. The average molecular weight is 1890 g/mol. The average Bonchev–Trinajstić information content (AvgIpc) is 1.59. The van der Waals surface area contributed by atoms with Gasteiger partial charge in [0, 0.05) is 60.3 Å². The third-order valence-electron chi connectivity index (χ3n) is 25.1. The molecule has 0 bridgehead atoms. The van der Waals surface area contributed by atoms with Crippen molar-refractivity contribution in [1.29, 1.82) is 0 Å². The second-order valence-electron chi connectivity index (χ2n) is 33.8. The number of imidazole rings is 3. The molecule has 3 aliphatic carbocycles. The van der Waals surface area contributed by atoms with Gasteiger partial charge in [-0.05, 0) is 110 Å². The van der Waals surface area contributed by atoms with Crippen LogP contribution in [0.2, 0.25) is 0 Å². The second kappa shape index (κ2) is 39.4. The molecule has 15 atom stereocenters. The van der Waals surface area contributed by atoms with Crippen LogP contribution in [0, 0.1) is 5.92 Å². The molecule has 9 aromatic heterocycles. The van der Waals surface area contributed by atoms with E-state index in [0.29, 0.717) is 46.5 Å². The number of hydrogen-bond donors (Lipinski definition) is 9. The van der Waals surface area contributed by atoms with Crippen LogP contribution in [-0.2, 0) is 61.6 Å². The standard InChI is InChI=1S/C32H33N7O7.C31H24F3N7O7.C30H31N7O7/c40-30(41)21-10-5-13-33-28(21)43-15-22-24-25(46-32(45-24)12-11-18-6-1-2-7-19(18)14-32)29(44-22)39-17-36-23-26(34-16-35-27(23)39)38-31(42)37-20-8-3-4-9-20;32-31(33,34)19-11-5-4-9-17(19)29-47-22-20(13-45-26-18(28(42)43)10-6-12-35-26)46-27(23(22)48-29)41-15-38-21-24(36-14-37-25(21)41)40-30(44)39-16-7-2-1-3-8-16;38-28(39)19-12-7-13-31-26(19)41-14-20-22-23(44-29(43-22)17-8-3-1-4-9-17)27(42-20)37-16-34-21-24(32-15-33-25(21)37)36-30(40)35-18-10-5-2-6-11-18/h1-2,5-7,10,13,16-17,20,22,24-25,29H,3-4,8-9,11-12,14-15H2,(H,40,41)(H2,34,35,37,38,42);1-12,14-15,20,22-23,27,29H,13H2,(H,42,43)(H2,36,37,39,40,44);2,5-7,10-13,15-17,20,22-23,27,29H,1,3-4,8-9,14H2,(H,38,39)(H2,32,33,35,36,40). The number of urea groups is 3. The number of benzene rings is 4. The number of nitrogens with one attached hydrogen (secondary N) is 6. The van der Waals surface area contributed by atoms with Gasteiger partial charge in [-0.15, -0.1) is 0 Å². The number of fused-ring (bicyclic) bond motifs is 7. The van der Waals surface area contributed by atoms with E-state index in [1.54, 1.807) is 70.3 Å². The number of pyridine rings is 3. The van der Waals surface area contributed by atoms with Crippen molar-refractivity contribution < 1.29 is 114 Å². The van der Waals surface area contributed by atoms with Crippen LogP contribution in [0.3, 0.4) is 0 Å². The Morgan fingerprint density at radius 1 is 0.413 bits per heavy atom. The number of anilines is 5. The van der Waals surface area contributed by atoms with Gasteiger partial charge in [0.15, 0.2) is 88.0 Å². The molecule has 42 nitrogen and oxygen atoms in total. The summed E-state index contributed by atoms with van der Waals surface area (Å²) in [6.07, 6.45) is 9.18. The lowest BCUT2D eigenvalue weighted by atomic mass is 9.87. The van der Waals surface area contributed by atoms with Gasteiger partial charge in [-0.2, -0.15) is 13.2 Å². The fraction of sp³-hybridized carbons (Fsp3) is 0.355. The van der Waals surface area contributed by atoms with E-state index in [0.717, 1.165) is 63.9 Å². The van der Waals surface area contributed by atoms with Gasteiger partial charge in [-0.3, -0.25) is 29.7 Å². The van der Waals surface area contributed by atoms with Crippen molar-refractivity contribution in [3.63, 3.8) is 0 Å². The minimum atomic E-state index is -4.68. The molecular weight excluding hydrogens is 1800 g/mol. The summed E-state index contributed by atoms with van der Waals surface area (Å²) >= 11 is 0. The molecule has 8 fully saturated rings. The maximum Gasteiger partial charge on any atom is 0.416 e. The van der Waals surface area contributed by atoms with E-state index in [9.17, 15) is 57.3 Å². The smallest absolute Gasteiger partial charge is 0.416 e. The predicted octanol–water partition coefficient (Wildman–Crippen LogP) is 12.9. The Bertz CT molecular complexity index is 6660. The molecule has 6 amide bonds. The number of carboxylic acids is 3. The first-order valence-corrected chi connectivity index (χ1v) is 44.6. The molecule has 13 aromatic rings. The second-order valence-corrected chi connectivity index (χ2v) is 33.8. The number of para-hydroxylation sites is 2. The highest BCUT2D eigenvalue weighted by Crippen LogP contribution is 2.52. The first-order valence-electron chi connectivity index (χ1n) is 44.6. The molecule has 138 heavy (non-hydrogen) atoms. The molecule has 15 heterocycles. The van der Waals surface area contributed by atoms with Crippen LogP contribution in [0.15, 0.2) is 202 Å². The van der Waals surface area contributed by atoms with Crippen LogP contribution >= 0.6 is 0 Å². The normalized spacial score (nSPS) is 24.6. The number of ether oxygens (including phenoxy) is 12. The van der Waals surface area contributed by atoms with Crippen LogP contribution in [0.5, 0.6) is 17.6 Å². The Balaban J connectivity index is 0.000000128. The molecule has 2 saturated carbocycles. The molecule has 15 unspecified atom stereocenters. The van der Waals surface area contributed by atoms with Gasteiger partial charge >= 0.3 is 42.2 Å². The number of aromatic carboxylic acids is 3. The summed E-state index contributed by atoms with van der Waals surface area (Å²) in [5, 5.41) is 45.4. The van der Waals surface area contributed by atoms with E-state index in [-0.39, 0.29) is 106 Å². The zero-order chi connectivity index (χ0) is 94.7. The number of hydrogen-bond acceptors (Lipinski definition) is 30. The van der Waals surface area contributed by atoms with Crippen molar-refractivity contribution in [3.05, 3.63) is 241 Å². The number of carbonyl (C=O) groups excluding carboxylic acids is 3. The summed E-state index contributed by atoms with van der Waals surface area (Å²) in [7, 11) is 0. The van der Waals surface area contributed by atoms with Crippen molar-refractivity contribution in [2.24, 2.45) is 5.92 Å². The molecule has 22 rings (SSSR count). The lowest BCUT2D eigenvalue weighted by Gasteiger charge is -2.35. The van der Waals surface area contributed by atoms with E-state index < -0.39 is 134 Å². The summed E-state index contributed by atoms with van der Waals surface area (Å²) < 4.78 is 122. The Morgan fingerprint density at radius 2 is 0.826 bits per heavy atom. The molecule has 6 aliphatic heterocycles. The minimum Gasteiger partial charge on any atom is -0.477 e. The summed E-state index contributed by atoms with van der Waals surface area (Å²) in [5.74, 6) is -3.73. The monoisotopic (exact) mass is 1890 g/mol. The Hall–Kier alpha value is -15.0. The zero-order valence-electron chi connectivity index (χ0n) is 72.9. The van der Waals surface area contributed by atoms with Crippen LogP contribution in [0.25, 0.3) is 33.5 Å². The highest BCUT2D eigenvalue weighted by atomic mass is 19.4. The number of carbonyl (C=O) groups is 6. The summed E-state index contributed by atoms with van der Waals surface area (Å²) in [6, 6.07) is 38.4. The van der Waals surface area contributed by atoms with E-state index >= 15 is 0 Å². The Morgan fingerprint density at radius 3 is 1.32 bits per heavy atom. The van der Waals surface area contributed by atoms with Gasteiger partial charge in [-0.25, -0.2) is 88.6 Å². The predicted molar refractivity (Wildman–Crippen MR) is 475 cm³/mol. The first kappa shape index (κ1) is 90.8. The number of halogens is 3. The SMILES string of the molecule is O=C(Nc1ccccc1)Nc1ncnc2c1ncn2C1OC(COc2ncccc2C(=O)O)C2OC(C3CCCCC3)OC21.O=C(Nc1ccccc1)Nc1ncnc2c1ncn2C1OC(COc2ncccc2C(=O)O)C2OC(c3ccccc3C(F)(F)F)OC21.O=C(Nc1ncnc2c1ncn2C1OC(COc2ncccc2C(=O)O)C2OC3(CCc4ccccc4C3)OC21)NC1CCCC1. The molecule has 712 valence electrons. The summed E-state index contributed by atoms with van der Waals surface area (Å²) in [5.41, 5.74) is 4.25. The molecule has 6 saturated heterocycles. The molecule has 0 radical (unpaired) electrons. The first-order chi connectivity index (χ1) is 67.2. The van der Waals surface area contributed by atoms with Crippen LogP contribution < -0.4 is 46.1 Å². The van der Waals surface area contributed by atoms with Gasteiger partial charge in [-0.1, -0.05) is 111 Å². The van der Waals surface area contributed by atoms with Crippen molar-refractivity contribution in [2.75, 3.05) is 46.4 Å². The number of alkyl halides is 3. The van der Waals surface area contributed by atoms with E-state index in [4.69, 9.17) is 56.8 Å². The number of nitrogens with zero attached hydrogens (tertiary/aromatic N) is 15. The number of carboxylic acid groups (broad SMARTS) is 3. The molecule has 4 aromatic carbocycles. The zero-order valence-corrected chi connectivity index (χ0v) is 72.9. The van der Waals surface area contributed by atoms with Crippen LogP contribution in [-0.4, -0.2) is 218 Å². The van der Waals surface area contributed by atoms with Crippen LogP contribution in [0.4, 0.5) is 56.4 Å². The van der Waals surface area contributed by atoms with Gasteiger partial charge in [0.25, 0.3) is 0 Å². The summed E-state index contributed by atoms with van der Waals surface area (Å²) in [6.45, 7) is -0.329. The third kappa shape index (κ3) is 19.1. The number of aromatic nitrogens is 15. The lowest BCUT2D eigenvalue weighted by molar-refractivity contribution is -0.223. The lowest BCUT2D eigenvalue weighted by Crippen LogP contribution is -2.41. The van der Waals surface area contributed by atoms with E-state index in [1.807, 2.05) is 30.3 Å². The molecule has 45 heteroatoms. The largest absolute Gasteiger partial charge is 0.477 e. The third-order valence-corrected chi connectivity index (χ3v) is 25.1. The number of rotatable bonds is 23.